The first-order chi connectivity index (χ1) is 12.4. The van der Waals surface area contributed by atoms with Gasteiger partial charge in [-0.1, -0.05) is 0 Å². The minimum absolute atomic E-state index is 0.295. The summed E-state index contributed by atoms with van der Waals surface area (Å²) in [6, 6.07) is 9.55. The molecule has 0 saturated carbocycles. The van der Waals surface area contributed by atoms with Crippen LogP contribution in [0.3, 0.4) is 0 Å². The van der Waals surface area contributed by atoms with Crippen molar-refractivity contribution in [3.8, 4) is 0 Å². The third-order valence-corrected chi connectivity index (χ3v) is 3.65. The highest BCUT2D eigenvalue weighted by Crippen LogP contribution is 2.13. The quantitative estimate of drug-likeness (QED) is 0.647. The highest BCUT2D eigenvalue weighted by molar-refractivity contribution is 6.05. The number of hydrogen-bond donors (Lipinski definition) is 3. The van der Waals surface area contributed by atoms with Crippen LogP contribution in [0.1, 0.15) is 26.4 Å². The number of aliphatic carboxylic acids is 1. The fraction of sp³-hybridized carbons (Fsp3) is 0.111. The van der Waals surface area contributed by atoms with Crippen molar-refractivity contribution in [2.75, 3.05) is 11.9 Å². The van der Waals surface area contributed by atoms with Gasteiger partial charge in [0.05, 0.1) is 5.69 Å². The van der Waals surface area contributed by atoms with Crippen molar-refractivity contribution in [1.29, 1.82) is 0 Å². The van der Waals surface area contributed by atoms with E-state index in [1.54, 1.807) is 30.5 Å². The number of nitrogens with zero attached hydrogens (tertiary/aromatic N) is 2. The van der Waals surface area contributed by atoms with Crippen LogP contribution in [0.15, 0.2) is 48.8 Å². The third-order valence-electron chi connectivity index (χ3n) is 3.65. The van der Waals surface area contributed by atoms with Crippen LogP contribution < -0.4 is 10.6 Å². The first-order valence-corrected chi connectivity index (χ1v) is 7.79. The van der Waals surface area contributed by atoms with E-state index in [1.807, 2.05) is 17.5 Å². The number of benzene rings is 1. The van der Waals surface area contributed by atoms with Crippen molar-refractivity contribution in [2.45, 2.75) is 6.92 Å². The maximum Gasteiger partial charge on any atom is 0.322 e. The van der Waals surface area contributed by atoms with E-state index >= 15 is 0 Å². The SMILES string of the molecule is Cc1cn2ccc(C(=O)Nc3ccc(C(=O)NCC(=O)O)cc3)cc2n1. The van der Waals surface area contributed by atoms with Gasteiger partial charge in [-0.05, 0) is 43.3 Å². The zero-order valence-corrected chi connectivity index (χ0v) is 13.9. The molecule has 2 aromatic heterocycles. The average molecular weight is 352 g/mol. The topological polar surface area (TPSA) is 113 Å². The zero-order chi connectivity index (χ0) is 18.7. The van der Waals surface area contributed by atoms with Gasteiger partial charge in [-0.2, -0.15) is 0 Å². The first-order valence-electron chi connectivity index (χ1n) is 7.79. The largest absolute Gasteiger partial charge is 0.480 e. The van der Waals surface area contributed by atoms with Crippen molar-refractivity contribution < 1.29 is 19.5 Å². The van der Waals surface area contributed by atoms with Crippen LogP contribution in [0, 0.1) is 6.92 Å². The van der Waals surface area contributed by atoms with Crippen LogP contribution >= 0.6 is 0 Å². The molecule has 3 aromatic rings. The first kappa shape index (κ1) is 17.2. The van der Waals surface area contributed by atoms with Crippen molar-refractivity contribution in [3.05, 3.63) is 65.6 Å². The smallest absolute Gasteiger partial charge is 0.322 e. The molecule has 26 heavy (non-hydrogen) atoms. The number of carboxylic acid groups (broad SMARTS) is 1. The third kappa shape index (κ3) is 3.86. The lowest BCUT2D eigenvalue weighted by Crippen LogP contribution is -2.29. The van der Waals surface area contributed by atoms with Gasteiger partial charge in [0.2, 0.25) is 0 Å². The second-order valence-corrected chi connectivity index (χ2v) is 5.67. The van der Waals surface area contributed by atoms with E-state index in [9.17, 15) is 14.4 Å². The minimum atomic E-state index is -1.12. The summed E-state index contributed by atoms with van der Waals surface area (Å²) in [7, 11) is 0. The number of anilines is 1. The molecule has 2 heterocycles. The molecule has 0 aliphatic heterocycles. The Morgan fingerprint density at radius 3 is 2.50 bits per heavy atom. The van der Waals surface area contributed by atoms with Crippen LogP contribution in [0.2, 0.25) is 0 Å². The number of pyridine rings is 1. The Bertz CT molecular complexity index is 992. The number of imidazole rings is 1. The molecule has 1 aromatic carbocycles. The van der Waals surface area contributed by atoms with Crippen molar-refractivity contribution in [1.82, 2.24) is 14.7 Å². The Balaban J connectivity index is 1.68. The summed E-state index contributed by atoms with van der Waals surface area (Å²) in [6.07, 6.45) is 3.63. The van der Waals surface area contributed by atoms with Gasteiger partial charge in [0.25, 0.3) is 11.8 Å². The number of rotatable bonds is 5. The molecule has 0 aliphatic carbocycles. The number of fused-ring (bicyclic) bond motifs is 1. The molecule has 3 rings (SSSR count). The van der Waals surface area contributed by atoms with Crippen molar-refractivity contribution in [2.24, 2.45) is 0 Å². The Morgan fingerprint density at radius 1 is 1.08 bits per heavy atom. The highest BCUT2D eigenvalue weighted by atomic mass is 16.4. The Hall–Kier alpha value is -3.68. The number of aromatic nitrogens is 2. The molecule has 0 atom stereocenters. The van der Waals surface area contributed by atoms with Crippen LogP contribution in [0.4, 0.5) is 5.69 Å². The predicted octanol–water partition coefficient (Wildman–Crippen LogP) is 1.71. The van der Waals surface area contributed by atoms with Crippen molar-refractivity contribution in [3.63, 3.8) is 0 Å². The van der Waals surface area contributed by atoms with Gasteiger partial charge in [0, 0.05) is 29.2 Å². The second kappa shape index (κ2) is 7.06. The zero-order valence-electron chi connectivity index (χ0n) is 13.9. The lowest BCUT2D eigenvalue weighted by molar-refractivity contribution is -0.135. The molecule has 8 nitrogen and oxygen atoms in total. The minimum Gasteiger partial charge on any atom is -0.480 e. The summed E-state index contributed by atoms with van der Waals surface area (Å²) < 4.78 is 1.83. The normalized spacial score (nSPS) is 10.5. The molecule has 0 unspecified atom stereocenters. The van der Waals surface area contributed by atoms with Gasteiger partial charge < -0.3 is 20.1 Å². The van der Waals surface area contributed by atoms with E-state index in [0.29, 0.717) is 22.5 Å². The predicted molar refractivity (Wildman–Crippen MR) is 94.3 cm³/mol. The van der Waals surface area contributed by atoms with E-state index in [1.165, 1.54) is 12.1 Å². The Morgan fingerprint density at radius 2 is 1.81 bits per heavy atom. The molecule has 3 N–H and O–H groups in total. The summed E-state index contributed by atoms with van der Waals surface area (Å²) in [5.41, 5.74) is 2.83. The number of nitrogens with one attached hydrogen (secondary N) is 2. The van der Waals surface area contributed by atoms with E-state index in [2.05, 4.69) is 15.6 Å². The summed E-state index contributed by atoms with van der Waals surface area (Å²) >= 11 is 0. The maximum atomic E-state index is 12.4. The number of carboxylic acids is 1. The molecule has 0 radical (unpaired) electrons. The van der Waals surface area contributed by atoms with Gasteiger partial charge in [0.1, 0.15) is 12.2 Å². The van der Waals surface area contributed by atoms with Crippen LogP contribution in [-0.2, 0) is 4.79 Å². The van der Waals surface area contributed by atoms with Crippen molar-refractivity contribution >= 4 is 29.1 Å². The molecule has 0 bridgehead atoms. The monoisotopic (exact) mass is 352 g/mol. The molecular formula is C18H16N4O4. The molecule has 0 saturated heterocycles. The van der Waals surface area contributed by atoms with Gasteiger partial charge in [-0.3, -0.25) is 14.4 Å². The summed E-state index contributed by atoms with van der Waals surface area (Å²) in [4.78, 5) is 38.9. The van der Waals surface area contributed by atoms with E-state index < -0.39 is 18.4 Å². The van der Waals surface area contributed by atoms with E-state index in [-0.39, 0.29) is 5.91 Å². The molecule has 2 amide bonds. The van der Waals surface area contributed by atoms with Crippen LogP contribution in [0.25, 0.3) is 5.65 Å². The molecule has 132 valence electrons. The average Bonchev–Trinajstić information content (AvgIpc) is 2.99. The number of carbonyl (C=O) groups excluding carboxylic acids is 2. The summed E-state index contributed by atoms with van der Waals surface area (Å²) in [6.45, 7) is 1.42. The van der Waals surface area contributed by atoms with Crippen LogP contribution in [0.5, 0.6) is 0 Å². The molecular weight excluding hydrogens is 336 g/mol. The maximum absolute atomic E-state index is 12.4. The fourth-order valence-electron chi connectivity index (χ4n) is 2.42. The summed E-state index contributed by atoms with van der Waals surface area (Å²) in [5, 5.41) is 13.6. The number of aryl methyl sites for hydroxylation is 1. The summed E-state index contributed by atoms with van der Waals surface area (Å²) in [5.74, 6) is -1.91. The Kier molecular flexibility index (Phi) is 4.66. The molecule has 0 aliphatic rings. The number of carbonyl (C=O) groups is 3. The highest BCUT2D eigenvalue weighted by Gasteiger charge is 2.10. The fourth-order valence-corrected chi connectivity index (χ4v) is 2.42. The lowest BCUT2D eigenvalue weighted by atomic mass is 10.2. The van der Waals surface area contributed by atoms with Gasteiger partial charge in [0.15, 0.2) is 0 Å². The standard InChI is InChI=1S/C18H16N4O4/c1-11-10-22-7-6-13(8-15(22)20-11)18(26)21-14-4-2-12(3-5-14)17(25)19-9-16(23)24/h2-8,10H,9H2,1H3,(H,19,25)(H,21,26)(H,23,24). The van der Waals surface area contributed by atoms with Gasteiger partial charge in [-0.15, -0.1) is 0 Å². The number of amides is 2. The second-order valence-electron chi connectivity index (χ2n) is 5.67. The van der Waals surface area contributed by atoms with Crippen LogP contribution in [-0.4, -0.2) is 38.8 Å². The Labute approximate surface area is 148 Å². The molecule has 0 fully saturated rings. The van der Waals surface area contributed by atoms with Gasteiger partial charge >= 0.3 is 5.97 Å². The lowest BCUT2D eigenvalue weighted by Gasteiger charge is -2.07. The van der Waals surface area contributed by atoms with E-state index in [4.69, 9.17) is 5.11 Å². The molecule has 0 spiro atoms. The van der Waals surface area contributed by atoms with Gasteiger partial charge in [-0.25, -0.2) is 4.98 Å². The number of hydrogen-bond acceptors (Lipinski definition) is 4. The van der Waals surface area contributed by atoms with E-state index in [0.717, 1.165) is 5.69 Å². The molecule has 8 heteroatoms.